The number of nitrogens with one attached hydrogen (secondary N) is 1. The monoisotopic (exact) mass is 183 g/mol. The largest absolute Gasteiger partial charge is 0.313 e. The second-order valence-corrected chi connectivity index (χ2v) is 6.78. The van der Waals surface area contributed by atoms with Crippen molar-refractivity contribution in [3.63, 3.8) is 0 Å². The van der Waals surface area contributed by atoms with Crippen molar-refractivity contribution in [1.29, 1.82) is 0 Å². The molecule has 1 aliphatic heterocycles. The SMILES string of the molecule is CC(C)(C)CC1CNC1C(C)(C)C. The summed E-state index contributed by atoms with van der Waals surface area (Å²) in [4.78, 5) is 0. The molecule has 1 aliphatic rings. The zero-order valence-electron chi connectivity index (χ0n) is 10.1. The molecule has 78 valence electrons. The van der Waals surface area contributed by atoms with E-state index in [1.165, 1.54) is 13.0 Å². The Labute approximate surface area is 83.3 Å². The first-order valence-corrected chi connectivity index (χ1v) is 5.43. The van der Waals surface area contributed by atoms with Crippen molar-refractivity contribution < 1.29 is 0 Å². The Kier molecular flexibility index (Phi) is 2.78. The van der Waals surface area contributed by atoms with Crippen LogP contribution in [-0.2, 0) is 0 Å². The van der Waals surface area contributed by atoms with Gasteiger partial charge in [-0.2, -0.15) is 0 Å². The minimum absolute atomic E-state index is 0.425. The van der Waals surface area contributed by atoms with Crippen LogP contribution in [0.25, 0.3) is 0 Å². The van der Waals surface area contributed by atoms with Crippen molar-refractivity contribution in [2.75, 3.05) is 6.54 Å². The number of rotatable bonds is 1. The zero-order valence-corrected chi connectivity index (χ0v) is 10.1. The Bertz CT molecular complexity index is 171. The minimum atomic E-state index is 0.425. The third-order valence-corrected chi connectivity index (χ3v) is 2.88. The topological polar surface area (TPSA) is 12.0 Å². The zero-order chi connectivity index (χ0) is 10.3. The molecule has 13 heavy (non-hydrogen) atoms. The van der Waals surface area contributed by atoms with Crippen LogP contribution < -0.4 is 5.32 Å². The molecule has 0 aromatic heterocycles. The van der Waals surface area contributed by atoms with Crippen molar-refractivity contribution >= 4 is 0 Å². The summed E-state index contributed by atoms with van der Waals surface area (Å²) in [6, 6.07) is 0.728. The highest BCUT2D eigenvalue weighted by Crippen LogP contribution is 2.37. The molecular weight excluding hydrogens is 158 g/mol. The molecule has 1 rings (SSSR count). The Morgan fingerprint density at radius 2 is 1.62 bits per heavy atom. The van der Waals surface area contributed by atoms with Crippen molar-refractivity contribution in [2.24, 2.45) is 16.7 Å². The van der Waals surface area contributed by atoms with Gasteiger partial charge in [0.2, 0.25) is 0 Å². The van der Waals surface area contributed by atoms with E-state index in [0.717, 1.165) is 12.0 Å². The van der Waals surface area contributed by atoms with E-state index in [9.17, 15) is 0 Å². The van der Waals surface area contributed by atoms with Crippen LogP contribution in [0.2, 0.25) is 0 Å². The summed E-state index contributed by atoms with van der Waals surface area (Å²) in [5, 5.41) is 3.56. The molecule has 1 nitrogen and oxygen atoms in total. The molecule has 0 aromatic carbocycles. The van der Waals surface area contributed by atoms with E-state index >= 15 is 0 Å². The summed E-state index contributed by atoms with van der Waals surface area (Å²) in [5.41, 5.74) is 0.907. The van der Waals surface area contributed by atoms with Crippen molar-refractivity contribution in [3.05, 3.63) is 0 Å². The van der Waals surface area contributed by atoms with E-state index in [2.05, 4.69) is 46.9 Å². The maximum atomic E-state index is 3.56. The average molecular weight is 183 g/mol. The fourth-order valence-corrected chi connectivity index (χ4v) is 2.39. The van der Waals surface area contributed by atoms with Crippen molar-refractivity contribution in [3.8, 4) is 0 Å². The molecule has 0 spiro atoms. The molecule has 1 heterocycles. The van der Waals surface area contributed by atoms with Crippen LogP contribution in [0.15, 0.2) is 0 Å². The Morgan fingerprint density at radius 1 is 1.08 bits per heavy atom. The lowest BCUT2D eigenvalue weighted by Gasteiger charge is -2.48. The summed E-state index contributed by atoms with van der Waals surface area (Å²) in [5.74, 6) is 0.889. The maximum absolute atomic E-state index is 3.56. The normalized spacial score (nSPS) is 30.0. The van der Waals surface area contributed by atoms with E-state index in [1.54, 1.807) is 0 Å². The quantitative estimate of drug-likeness (QED) is 0.659. The minimum Gasteiger partial charge on any atom is -0.313 e. The van der Waals surface area contributed by atoms with E-state index in [0.29, 0.717) is 10.8 Å². The van der Waals surface area contributed by atoms with Crippen LogP contribution in [0, 0.1) is 16.7 Å². The van der Waals surface area contributed by atoms with E-state index in [-0.39, 0.29) is 0 Å². The average Bonchev–Trinajstić information content (AvgIpc) is 1.73. The summed E-state index contributed by atoms with van der Waals surface area (Å²) < 4.78 is 0. The summed E-state index contributed by atoms with van der Waals surface area (Å²) in [6.45, 7) is 15.2. The molecular formula is C12H25N. The lowest BCUT2D eigenvalue weighted by Crippen LogP contribution is -2.60. The summed E-state index contributed by atoms with van der Waals surface area (Å²) >= 11 is 0. The van der Waals surface area contributed by atoms with Gasteiger partial charge in [0, 0.05) is 6.04 Å². The van der Waals surface area contributed by atoms with E-state index < -0.39 is 0 Å². The summed E-state index contributed by atoms with van der Waals surface area (Å²) in [6.07, 6.45) is 1.35. The van der Waals surface area contributed by atoms with Gasteiger partial charge in [-0.1, -0.05) is 41.5 Å². The first kappa shape index (κ1) is 11.0. The fraction of sp³-hybridized carbons (Fsp3) is 1.00. The van der Waals surface area contributed by atoms with E-state index in [1.807, 2.05) is 0 Å². The van der Waals surface area contributed by atoms with Crippen molar-refractivity contribution in [1.82, 2.24) is 5.32 Å². The molecule has 0 saturated carbocycles. The van der Waals surface area contributed by atoms with Gasteiger partial charge in [-0.3, -0.25) is 0 Å². The van der Waals surface area contributed by atoms with Gasteiger partial charge in [0.05, 0.1) is 0 Å². The van der Waals surface area contributed by atoms with E-state index in [4.69, 9.17) is 0 Å². The molecule has 1 N–H and O–H groups in total. The second kappa shape index (κ2) is 3.27. The van der Waals surface area contributed by atoms with Crippen LogP contribution in [0.3, 0.4) is 0 Å². The Hall–Kier alpha value is -0.0400. The van der Waals surface area contributed by atoms with Gasteiger partial charge >= 0.3 is 0 Å². The predicted molar refractivity (Wildman–Crippen MR) is 58.8 cm³/mol. The molecule has 0 radical (unpaired) electrons. The third kappa shape index (κ3) is 2.98. The molecule has 0 amide bonds. The van der Waals surface area contributed by atoms with Gasteiger partial charge in [0.15, 0.2) is 0 Å². The highest BCUT2D eigenvalue weighted by Gasteiger charge is 2.40. The highest BCUT2D eigenvalue weighted by molar-refractivity contribution is 4.96. The molecule has 0 bridgehead atoms. The third-order valence-electron chi connectivity index (χ3n) is 2.88. The van der Waals surface area contributed by atoms with Crippen LogP contribution >= 0.6 is 0 Å². The van der Waals surface area contributed by atoms with Gasteiger partial charge in [-0.05, 0) is 29.7 Å². The Balaban J connectivity index is 2.47. The number of hydrogen-bond donors (Lipinski definition) is 1. The van der Waals surface area contributed by atoms with Gasteiger partial charge < -0.3 is 5.32 Å². The predicted octanol–water partition coefficient (Wildman–Crippen LogP) is 3.06. The standard InChI is InChI=1S/C12H25N/c1-11(2,3)7-9-8-13-10(9)12(4,5)6/h9-10,13H,7-8H2,1-6H3. The molecule has 1 fully saturated rings. The van der Waals surface area contributed by atoms with Crippen LogP contribution in [0.1, 0.15) is 48.0 Å². The van der Waals surface area contributed by atoms with Crippen molar-refractivity contribution in [2.45, 2.75) is 54.0 Å². The number of hydrogen-bond acceptors (Lipinski definition) is 1. The van der Waals surface area contributed by atoms with Gasteiger partial charge in [0.1, 0.15) is 0 Å². The molecule has 1 saturated heterocycles. The van der Waals surface area contributed by atoms with Gasteiger partial charge in [0.25, 0.3) is 0 Å². The lowest BCUT2D eigenvalue weighted by atomic mass is 9.69. The molecule has 0 aliphatic carbocycles. The maximum Gasteiger partial charge on any atom is 0.0156 e. The molecule has 2 atom stereocenters. The first-order valence-electron chi connectivity index (χ1n) is 5.43. The smallest absolute Gasteiger partial charge is 0.0156 e. The Morgan fingerprint density at radius 3 is 1.85 bits per heavy atom. The molecule has 0 aromatic rings. The highest BCUT2D eigenvalue weighted by atomic mass is 15.0. The molecule has 2 unspecified atom stereocenters. The van der Waals surface area contributed by atoms with Crippen LogP contribution in [-0.4, -0.2) is 12.6 Å². The summed E-state index contributed by atoms with van der Waals surface area (Å²) in [7, 11) is 0. The van der Waals surface area contributed by atoms with Gasteiger partial charge in [-0.15, -0.1) is 0 Å². The van der Waals surface area contributed by atoms with Crippen LogP contribution in [0.4, 0.5) is 0 Å². The van der Waals surface area contributed by atoms with Crippen LogP contribution in [0.5, 0.6) is 0 Å². The fourth-order valence-electron chi connectivity index (χ4n) is 2.39. The second-order valence-electron chi connectivity index (χ2n) is 6.78. The first-order chi connectivity index (χ1) is 5.70. The lowest BCUT2D eigenvalue weighted by molar-refractivity contribution is 0.0774. The van der Waals surface area contributed by atoms with Gasteiger partial charge in [-0.25, -0.2) is 0 Å². The molecule has 1 heteroatoms.